The molecular formula is C5H10O2S2. The van der Waals surface area contributed by atoms with Crippen molar-refractivity contribution in [1.29, 1.82) is 0 Å². The van der Waals surface area contributed by atoms with E-state index in [-0.39, 0.29) is 5.30 Å². The lowest BCUT2D eigenvalue weighted by atomic mass is 10.6. The molecule has 0 aromatic rings. The van der Waals surface area contributed by atoms with Crippen LogP contribution in [0.25, 0.3) is 0 Å². The van der Waals surface area contributed by atoms with Gasteiger partial charge in [-0.25, -0.2) is 4.79 Å². The van der Waals surface area contributed by atoms with Crippen molar-refractivity contribution in [3.8, 4) is 0 Å². The molecule has 0 rings (SSSR count). The van der Waals surface area contributed by atoms with E-state index in [9.17, 15) is 4.79 Å². The van der Waals surface area contributed by atoms with Crippen LogP contribution in [0.3, 0.4) is 0 Å². The molecule has 0 fully saturated rings. The molecule has 0 amide bonds. The molecule has 0 aromatic heterocycles. The maximum absolute atomic E-state index is 10.4. The lowest BCUT2D eigenvalue weighted by Gasteiger charge is -1.94. The summed E-state index contributed by atoms with van der Waals surface area (Å²) in [4.78, 5) is 10.4. The number of hydrogen-bond donors (Lipinski definition) is 0. The largest absolute Gasteiger partial charge is 0.460 e. The fraction of sp³-hybridized carbons (Fsp3) is 0.800. The quantitative estimate of drug-likeness (QED) is 0.365. The third-order valence-corrected chi connectivity index (χ3v) is 2.84. The molecule has 0 saturated heterocycles. The highest BCUT2D eigenvalue weighted by molar-refractivity contribution is 8.82. The molecule has 0 aliphatic heterocycles. The minimum Gasteiger partial charge on any atom is -0.460 e. The van der Waals surface area contributed by atoms with Crippen molar-refractivity contribution in [1.82, 2.24) is 0 Å². The van der Waals surface area contributed by atoms with Crippen molar-refractivity contribution in [2.75, 3.05) is 12.9 Å². The maximum atomic E-state index is 10.4. The Hall–Kier alpha value is 0.170. The summed E-state index contributed by atoms with van der Waals surface area (Å²) in [5.41, 5.74) is 0. The minimum absolute atomic E-state index is 0.214. The molecule has 4 heteroatoms. The summed E-state index contributed by atoms with van der Waals surface area (Å²) in [5.74, 6) is 1.000. The van der Waals surface area contributed by atoms with Gasteiger partial charge in [-0.3, -0.25) is 0 Å². The van der Waals surface area contributed by atoms with E-state index < -0.39 is 0 Å². The molecule has 0 spiro atoms. The maximum Gasteiger partial charge on any atom is 0.377 e. The Morgan fingerprint density at radius 3 is 2.78 bits per heavy atom. The molecule has 9 heavy (non-hydrogen) atoms. The van der Waals surface area contributed by atoms with Gasteiger partial charge in [0, 0.05) is 16.5 Å². The Morgan fingerprint density at radius 1 is 1.67 bits per heavy atom. The van der Waals surface area contributed by atoms with Crippen LogP contribution < -0.4 is 0 Å². The monoisotopic (exact) mass is 166 g/mol. The first-order chi connectivity index (χ1) is 4.31. The van der Waals surface area contributed by atoms with Gasteiger partial charge in [-0.1, -0.05) is 17.7 Å². The molecular weight excluding hydrogens is 156 g/mol. The van der Waals surface area contributed by atoms with Crippen LogP contribution >= 0.6 is 21.6 Å². The first-order valence-corrected chi connectivity index (χ1v) is 5.00. The smallest absolute Gasteiger partial charge is 0.377 e. The summed E-state index contributed by atoms with van der Waals surface area (Å²) < 4.78 is 4.40. The standard InChI is InChI=1S/C5H10O2S2/c1-3-4-8-9-5(6)7-2/h3-4H2,1-2H3. The summed E-state index contributed by atoms with van der Waals surface area (Å²) in [6.07, 6.45) is 1.09. The van der Waals surface area contributed by atoms with Gasteiger partial charge in [0.15, 0.2) is 0 Å². The molecule has 54 valence electrons. The van der Waals surface area contributed by atoms with E-state index in [1.165, 1.54) is 17.9 Å². The third kappa shape index (κ3) is 6.05. The SMILES string of the molecule is CCCSSC(=O)OC. The van der Waals surface area contributed by atoms with Gasteiger partial charge in [-0.2, -0.15) is 0 Å². The number of carbonyl (C=O) groups is 1. The number of hydrogen-bond acceptors (Lipinski definition) is 4. The van der Waals surface area contributed by atoms with Crippen LogP contribution in [0.15, 0.2) is 0 Å². The summed E-state index contributed by atoms with van der Waals surface area (Å²) in [6, 6.07) is 0. The van der Waals surface area contributed by atoms with Crippen LogP contribution in [-0.4, -0.2) is 18.2 Å². The third-order valence-electron chi connectivity index (χ3n) is 0.581. The lowest BCUT2D eigenvalue weighted by Crippen LogP contribution is -1.87. The van der Waals surface area contributed by atoms with E-state index in [1.807, 2.05) is 0 Å². The fourth-order valence-electron chi connectivity index (χ4n) is 0.207. The summed E-state index contributed by atoms with van der Waals surface area (Å²) in [5, 5.41) is -0.214. The van der Waals surface area contributed by atoms with Crippen molar-refractivity contribution in [3.05, 3.63) is 0 Å². The molecule has 0 bridgehead atoms. The molecule has 0 heterocycles. The topological polar surface area (TPSA) is 26.3 Å². The highest BCUT2D eigenvalue weighted by Gasteiger charge is 1.98. The van der Waals surface area contributed by atoms with Crippen LogP contribution in [0.1, 0.15) is 13.3 Å². The number of ether oxygens (including phenoxy) is 1. The summed E-state index contributed by atoms with van der Waals surface area (Å²) in [6.45, 7) is 2.07. The Kier molecular flexibility index (Phi) is 6.41. The van der Waals surface area contributed by atoms with Crippen LogP contribution in [0, 0.1) is 0 Å². The van der Waals surface area contributed by atoms with Crippen LogP contribution in [0.4, 0.5) is 4.79 Å². The molecule has 0 aliphatic carbocycles. The van der Waals surface area contributed by atoms with Crippen LogP contribution in [-0.2, 0) is 4.74 Å². The van der Waals surface area contributed by atoms with Crippen LogP contribution in [0.2, 0.25) is 0 Å². The second-order valence-corrected chi connectivity index (χ2v) is 3.71. The summed E-state index contributed by atoms with van der Waals surface area (Å²) >= 11 is 0. The van der Waals surface area contributed by atoms with E-state index in [0.717, 1.165) is 23.0 Å². The first kappa shape index (κ1) is 9.17. The van der Waals surface area contributed by atoms with Gasteiger partial charge in [-0.15, -0.1) is 0 Å². The van der Waals surface area contributed by atoms with Crippen molar-refractivity contribution in [2.24, 2.45) is 0 Å². The number of methoxy groups -OCH3 is 1. The normalized spacial score (nSPS) is 9.11. The Labute approximate surface area is 63.1 Å². The molecule has 0 aliphatic rings. The molecule has 0 atom stereocenters. The predicted molar refractivity (Wildman–Crippen MR) is 42.7 cm³/mol. The zero-order valence-corrected chi connectivity index (χ0v) is 7.18. The highest BCUT2D eigenvalue weighted by atomic mass is 33.1. The van der Waals surface area contributed by atoms with Gasteiger partial charge in [0.05, 0.1) is 7.11 Å². The zero-order valence-electron chi connectivity index (χ0n) is 5.55. The van der Waals surface area contributed by atoms with Gasteiger partial charge < -0.3 is 4.74 Å². The Morgan fingerprint density at radius 2 is 2.33 bits per heavy atom. The molecule has 0 N–H and O–H groups in total. The van der Waals surface area contributed by atoms with Gasteiger partial charge in [0.25, 0.3) is 0 Å². The molecule has 0 aromatic carbocycles. The highest BCUT2D eigenvalue weighted by Crippen LogP contribution is 2.23. The summed E-state index contributed by atoms with van der Waals surface area (Å²) in [7, 11) is 4.08. The zero-order chi connectivity index (χ0) is 7.11. The van der Waals surface area contributed by atoms with Crippen molar-refractivity contribution >= 4 is 26.9 Å². The fourth-order valence-corrected chi connectivity index (χ4v) is 1.86. The Bertz CT molecular complexity index is 85.0. The Balaban J connectivity index is 2.97. The molecule has 0 unspecified atom stereocenters. The van der Waals surface area contributed by atoms with E-state index in [4.69, 9.17) is 0 Å². The average molecular weight is 166 g/mol. The lowest BCUT2D eigenvalue weighted by molar-refractivity contribution is 0.200. The number of rotatable bonds is 3. The second kappa shape index (κ2) is 6.29. The first-order valence-electron chi connectivity index (χ1n) is 2.68. The van der Waals surface area contributed by atoms with Crippen molar-refractivity contribution in [3.63, 3.8) is 0 Å². The second-order valence-electron chi connectivity index (χ2n) is 1.36. The van der Waals surface area contributed by atoms with Crippen molar-refractivity contribution in [2.45, 2.75) is 13.3 Å². The van der Waals surface area contributed by atoms with Gasteiger partial charge in [0.1, 0.15) is 0 Å². The van der Waals surface area contributed by atoms with Gasteiger partial charge in [0.2, 0.25) is 0 Å². The van der Waals surface area contributed by atoms with E-state index in [1.54, 1.807) is 0 Å². The molecule has 0 saturated carbocycles. The number of carbonyl (C=O) groups excluding carboxylic acids is 1. The van der Waals surface area contributed by atoms with Gasteiger partial charge >= 0.3 is 5.30 Å². The van der Waals surface area contributed by atoms with Gasteiger partial charge in [-0.05, 0) is 6.42 Å². The minimum atomic E-state index is -0.214. The van der Waals surface area contributed by atoms with Crippen LogP contribution in [0.5, 0.6) is 0 Å². The van der Waals surface area contributed by atoms with Crippen molar-refractivity contribution < 1.29 is 9.53 Å². The van der Waals surface area contributed by atoms with E-state index in [0.29, 0.717) is 0 Å². The van der Waals surface area contributed by atoms with E-state index >= 15 is 0 Å². The van der Waals surface area contributed by atoms with E-state index in [2.05, 4.69) is 11.7 Å². The average Bonchev–Trinajstić information content (AvgIpc) is 1.89. The molecule has 2 nitrogen and oxygen atoms in total. The predicted octanol–water partition coefficient (Wildman–Crippen LogP) is 2.54. The molecule has 0 radical (unpaired) electrons.